The third-order valence-electron chi connectivity index (χ3n) is 2.82. The Bertz CT molecular complexity index is 198. The van der Waals surface area contributed by atoms with Gasteiger partial charge in [-0.05, 0) is 26.2 Å². The number of Topliss-reactive ketones (excluding diaryl/α,β-unsaturated/α-hetero) is 1. The number of carbonyl (C=O) groups is 1. The average molecular weight is 168 g/mol. The Morgan fingerprint density at radius 2 is 2.50 bits per heavy atom. The molecule has 1 unspecified atom stereocenters. The SMILES string of the molecule is C=CCC1(C)C(=O)CCC[C@@H]1O. The van der Waals surface area contributed by atoms with Crippen molar-refractivity contribution in [2.45, 2.75) is 38.7 Å². The Kier molecular flexibility index (Phi) is 2.68. The summed E-state index contributed by atoms with van der Waals surface area (Å²) in [6.07, 6.45) is 4.01. The lowest BCUT2D eigenvalue weighted by molar-refractivity contribution is -0.138. The fourth-order valence-electron chi connectivity index (χ4n) is 1.80. The molecule has 1 N–H and O–H groups in total. The lowest BCUT2D eigenvalue weighted by Crippen LogP contribution is -2.42. The van der Waals surface area contributed by atoms with Gasteiger partial charge in [0.15, 0.2) is 0 Å². The van der Waals surface area contributed by atoms with Gasteiger partial charge in [-0.25, -0.2) is 0 Å². The van der Waals surface area contributed by atoms with Crippen LogP contribution in [0.1, 0.15) is 32.6 Å². The minimum Gasteiger partial charge on any atom is -0.392 e. The molecule has 0 aromatic carbocycles. The molecule has 0 radical (unpaired) electrons. The molecular formula is C10H16O2. The third-order valence-corrected chi connectivity index (χ3v) is 2.82. The minimum atomic E-state index is -0.556. The highest BCUT2D eigenvalue weighted by atomic mass is 16.3. The molecule has 2 heteroatoms. The van der Waals surface area contributed by atoms with Gasteiger partial charge in [-0.15, -0.1) is 6.58 Å². The first kappa shape index (κ1) is 9.46. The van der Waals surface area contributed by atoms with Crippen molar-refractivity contribution in [2.24, 2.45) is 5.41 Å². The van der Waals surface area contributed by atoms with Crippen molar-refractivity contribution < 1.29 is 9.90 Å². The van der Waals surface area contributed by atoms with Crippen molar-refractivity contribution in [2.75, 3.05) is 0 Å². The van der Waals surface area contributed by atoms with Crippen molar-refractivity contribution in [3.63, 3.8) is 0 Å². The smallest absolute Gasteiger partial charge is 0.141 e. The summed E-state index contributed by atoms with van der Waals surface area (Å²) >= 11 is 0. The zero-order chi connectivity index (χ0) is 9.19. The highest BCUT2D eigenvalue weighted by Crippen LogP contribution is 2.36. The van der Waals surface area contributed by atoms with E-state index >= 15 is 0 Å². The van der Waals surface area contributed by atoms with Crippen molar-refractivity contribution in [3.8, 4) is 0 Å². The fourth-order valence-corrected chi connectivity index (χ4v) is 1.80. The first-order chi connectivity index (χ1) is 5.61. The van der Waals surface area contributed by atoms with E-state index in [-0.39, 0.29) is 5.78 Å². The summed E-state index contributed by atoms with van der Waals surface area (Å²) in [5.74, 6) is 0.182. The van der Waals surface area contributed by atoms with E-state index in [9.17, 15) is 9.90 Å². The van der Waals surface area contributed by atoms with Gasteiger partial charge >= 0.3 is 0 Å². The number of ketones is 1. The maximum absolute atomic E-state index is 11.5. The summed E-state index contributed by atoms with van der Waals surface area (Å²) < 4.78 is 0. The van der Waals surface area contributed by atoms with Crippen LogP contribution in [-0.4, -0.2) is 17.0 Å². The molecule has 68 valence electrons. The van der Waals surface area contributed by atoms with Crippen LogP contribution in [0.25, 0.3) is 0 Å². The Balaban J connectivity index is 2.79. The molecule has 1 fully saturated rings. The van der Waals surface area contributed by atoms with Crippen LogP contribution in [0.2, 0.25) is 0 Å². The van der Waals surface area contributed by atoms with E-state index in [2.05, 4.69) is 6.58 Å². The second-order valence-corrected chi connectivity index (χ2v) is 3.74. The molecular weight excluding hydrogens is 152 g/mol. The molecule has 0 aromatic rings. The zero-order valence-corrected chi connectivity index (χ0v) is 7.55. The number of rotatable bonds is 2. The van der Waals surface area contributed by atoms with Gasteiger partial charge in [0.25, 0.3) is 0 Å². The molecule has 0 bridgehead atoms. The van der Waals surface area contributed by atoms with Crippen molar-refractivity contribution in [1.29, 1.82) is 0 Å². The Hall–Kier alpha value is -0.630. The van der Waals surface area contributed by atoms with Crippen LogP contribution >= 0.6 is 0 Å². The monoisotopic (exact) mass is 168 g/mol. The van der Waals surface area contributed by atoms with Gasteiger partial charge in [0, 0.05) is 6.42 Å². The molecule has 1 aliphatic rings. The van der Waals surface area contributed by atoms with Crippen LogP contribution in [-0.2, 0) is 4.79 Å². The highest BCUT2D eigenvalue weighted by molar-refractivity contribution is 5.86. The highest BCUT2D eigenvalue weighted by Gasteiger charge is 2.41. The first-order valence-corrected chi connectivity index (χ1v) is 4.43. The molecule has 1 saturated carbocycles. The van der Waals surface area contributed by atoms with E-state index < -0.39 is 11.5 Å². The Morgan fingerprint density at radius 1 is 1.83 bits per heavy atom. The van der Waals surface area contributed by atoms with E-state index in [1.807, 2.05) is 6.92 Å². The van der Waals surface area contributed by atoms with E-state index in [4.69, 9.17) is 0 Å². The third kappa shape index (κ3) is 1.44. The molecule has 2 atom stereocenters. The first-order valence-electron chi connectivity index (χ1n) is 4.43. The maximum Gasteiger partial charge on any atom is 0.141 e. The van der Waals surface area contributed by atoms with Gasteiger partial charge in [-0.1, -0.05) is 6.08 Å². The predicted octanol–water partition coefficient (Wildman–Crippen LogP) is 1.68. The van der Waals surface area contributed by atoms with Crippen LogP contribution in [0.3, 0.4) is 0 Å². The molecule has 2 nitrogen and oxygen atoms in total. The van der Waals surface area contributed by atoms with E-state index in [0.717, 1.165) is 12.8 Å². The average Bonchev–Trinajstić information content (AvgIpc) is 2.02. The van der Waals surface area contributed by atoms with E-state index in [1.165, 1.54) is 0 Å². The maximum atomic E-state index is 11.5. The molecule has 0 heterocycles. The van der Waals surface area contributed by atoms with E-state index in [1.54, 1.807) is 6.08 Å². The van der Waals surface area contributed by atoms with Crippen molar-refractivity contribution >= 4 is 5.78 Å². The van der Waals surface area contributed by atoms with Crippen LogP contribution in [0.4, 0.5) is 0 Å². The summed E-state index contributed by atoms with van der Waals surface area (Å²) in [5.41, 5.74) is -0.556. The number of aliphatic hydroxyl groups excluding tert-OH is 1. The number of hydrogen-bond acceptors (Lipinski definition) is 2. The molecule has 1 rings (SSSR count). The van der Waals surface area contributed by atoms with Crippen LogP contribution < -0.4 is 0 Å². The van der Waals surface area contributed by atoms with Gasteiger partial charge in [0.2, 0.25) is 0 Å². The van der Waals surface area contributed by atoms with Gasteiger partial charge in [0.05, 0.1) is 11.5 Å². The van der Waals surface area contributed by atoms with Gasteiger partial charge in [-0.3, -0.25) is 4.79 Å². The Labute approximate surface area is 73.3 Å². The van der Waals surface area contributed by atoms with E-state index in [0.29, 0.717) is 12.8 Å². The number of allylic oxidation sites excluding steroid dienone is 1. The molecule has 0 amide bonds. The number of aliphatic hydroxyl groups is 1. The zero-order valence-electron chi connectivity index (χ0n) is 7.55. The van der Waals surface area contributed by atoms with Gasteiger partial charge < -0.3 is 5.11 Å². The normalized spacial score (nSPS) is 36.5. The second-order valence-electron chi connectivity index (χ2n) is 3.74. The lowest BCUT2D eigenvalue weighted by Gasteiger charge is -2.36. The van der Waals surface area contributed by atoms with Gasteiger partial charge in [-0.2, -0.15) is 0 Å². The molecule has 0 aromatic heterocycles. The number of hydrogen-bond donors (Lipinski definition) is 1. The fraction of sp³-hybridized carbons (Fsp3) is 0.700. The topological polar surface area (TPSA) is 37.3 Å². The molecule has 0 spiro atoms. The summed E-state index contributed by atoms with van der Waals surface area (Å²) in [6.45, 7) is 5.44. The minimum absolute atomic E-state index is 0.182. The predicted molar refractivity (Wildman–Crippen MR) is 47.8 cm³/mol. The largest absolute Gasteiger partial charge is 0.392 e. The van der Waals surface area contributed by atoms with Crippen LogP contribution in [0.15, 0.2) is 12.7 Å². The molecule has 1 aliphatic carbocycles. The molecule has 12 heavy (non-hydrogen) atoms. The lowest BCUT2D eigenvalue weighted by atomic mass is 9.70. The number of carbonyl (C=O) groups excluding carboxylic acids is 1. The quantitative estimate of drug-likeness (QED) is 0.637. The van der Waals surface area contributed by atoms with Crippen LogP contribution in [0.5, 0.6) is 0 Å². The summed E-state index contributed by atoms with van der Waals surface area (Å²) in [5, 5.41) is 9.66. The summed E-state index contributed by atoms with van der Waals surface area (Å²) in [6, 6.07) is 0. The molecule has 0 saturated heterocycles. The molecule has 0 aliphatic heterocycles. The standard InChI is InChI=1S/C10H16O2/c1-3-7-10(2)8(11)5-4-6-9(10)12/h3,8,11H,1,4-7H2,2H3/t8-,10?/m0/s1. The van der Waals surface area contributed by atoms with Crippen molar-refractivity contribution in [1.82, 2.24) is 0 Å². The summed E-state index contributed by atoms with van der Waals surface area (Å²) in [4.78, 5) is 11.5. The summed E-state index contributed by atoms with van der Waals surface area (Å²) in [7, 11) is 0. The van der Waals surface area contributed by atoms with Crippen LogP contribution in [0, 0.1) is 5.41 Å². The van der Waals surface area contributed by atoms with Gasteiger partial charge in [0.1, 0.15) is 5.78 Å². The van der Waals surface area contributed by atoms with Crippen molar-refractivity contribution in [3.05, 3.63) is 12.7 Å². The Morgan fingerprint density at radius 3 is 3.00 bits per heavy atom. The second kappa shape index (κ2) is 3.40.